The number of rotatable bonds is 6. The fourth-order valence-corrected chi connectivity index (χ4v) is 3.11. The molecule has 0 amide bonds. The van der Waals surface area contributed by atoms with E-state index in [2.05, 4.69) is 4.89 Å². The van der Waals surface area contributed by atoms with Crippen LogP contribution in [-0.2, 0) is 22.4 Å². The first kappa shape index (κ1) is 15.6. The molecule has 0 spiro atoms. The molecule has 0 aliphatic heterocycles. The van der Waals surface area contributed by atoms with Gasteiger partial charge < -0.3 is 0 Å². The van der Waals surface area contributed by atoms with E-state index in [1.54, 1.807) is 0 Å². The lowest BCUT2D eigenvalue weighted by atomic mass is 10.1. The molecule has 3 rings (SSSR count). The molecule has 0 heterocycles. The third kappa shape index (κ3) is 4.13. The fourth-order valence-electron chi connectivity index (χ4n) is 2.27. The van der Waals surface area contributed by atoms with Crippen molar-refractivity contribution < 1.29 is 9.05 Å². The molecule has 0 radical (unpaired) electrons. The van der Waals surface area contributed by atoms with Crippen molar-refractivity contribution in [3.8, 4) is 11.1 Å². The summed E-state index contributed by atoms with van der Waals surface area (Å²) in [6.45, 7) is 0.361. The van der Waals surface area contributed by atoms with Crippen LogP contribution in [0.3, 0.4) is 0 Å². The van der Waals surface area contributed by atoms with E-state index < -0.39 is 11.0 Å². The molecule has 0 aliphatic carbocycles. The highest BCUT2D eigenvalue weighted by Crippen LogP contribution is 2.25. The molecule has 1 N–H and O–H groups in total. The number of benzene rings is 3. The summed E-state index contributed by atoms with van der Waals surface area (Å²) < 4.78 is 12.5. The van der Waals surface area contributed by atoms with Gasteiger partial charge in [-0.2, -0.15) is 0 Å². The SMILES string of the molecule is O=S(NOCc1ccccc1)c1ccccc1-c1ccccc1. The zero-order valence-corrected chi connectivity index (χ0v) is 13.3. The lowest BCUT2D eigenvalue weighted by Gasteiger charge is -2.10. The smallest absolute Gasteiger partial charge is 0.149 e. The minimum absolute atomic E-state index is 0.361. The summed E-state index contributed by atoms with van der Waals surface area (Å²) in [6.07, 6.45) is 0. The Labute approximate surface area is 138 Å². The molecule has 1 atom stereocenters. The maximum Gasteiger partial charge on any atom is 0.149 e. The van der Waals surface area contributed by atoms with Crippen molar-refractivity contribution in [1.82, 2.24) is 4.89 Å². The van der Waals surface area contributed by atoms with Gasteiger partial charge in [-0.25, -0.2) is 4.21 Å². The Morgan fingerprint density at radius 3 is 2.13 bits per heavy atom. The summed E-state index contributed by atoms with van der Waals surface area (Å²) in [7, 11) is -1.44. The van der Waals surface area contributed by atoms with E-state index in [-0.39, 0.29) is 0 Å². The maximum atomic E-state index is 12.5. The molecule has 116 valence electrons. The van der Waals surface area contributed by atoms with E-state index in [9.17, 15) is 4.21 Å². The Morgan fingerprint density at radius 2 is 1.39 bits per heavy atom. The summed E-state index contributed by atoms with van der Waals surface area (Å²) in [5.74, 6) is 0. The lowest BCUT2D eigenvalue weighted by Crippen LogP contribution is -2.18. The molecule has 0 fully saturated rings. The van der Waals surface area contributed by atoms with E-state index in [0.29, 0.717) is 11.5 Å². The summed E-state index contributed by atoms with van der Waals surface area (Å²) in [6, 6.07) is 27.3. The van der Waals surface area contributed by atoms with Crippen molar-refractivity contribution in [1.29, 1.82) is 0 Å². The van der Waals surface area contributed by atoms with Gasteiger partial charge in [-0.05, 0) is 22.8 Å². The van der Waals surface area contributed by atoms with Crippen LogP contribution in [0.15, 0.2) is 89.8 Å². The van der Waals surface area contributed by atoms with Gasteiger partial charge in [0.05, 0.1) is 11.5 Å². The molecule has 3 nitrogen and oxygen atoms in total. The predicted molar refractivity (Wildman–Crippen MR) is 92.7 cm³/mol. The topological polar surface area (TPSA) is 38.3 Å². The normalized spacial score (nSPS) is 12.0. The molecular weight excluding hydrogens is 306 g/mol. The van der Waals surface area contributed by atoms with Gasteiger partial charge in [-0.15, -0.1) is 4.89 Å². The van der Waals surface area contributed by atoms with Crippen LogP contribution in [0.5, 0.6) is 0 Å². The quantitative estimate of drug-likeness (QED) is 0.694. The van der Waals surface area contributed by atoms with Gasteiger partial charge in [0.1, 0.15) is 11.0 Å². The molecule has 0 saturated heterocycles. The Kier molecular flexibility index (Phi) is 5.32. The first-order valence-corrected chi connectivity index (χ1v) is 8.47. The van der Waals surface area contributed by atoms with Crippen LogP contribution in [0.4, 0.5) is 0 Å². The van der Waals surface area contributed by atoms with E-state index in [4.69, 9.17) is 4.84 Å². The highest BCUT2D eigenvalue weighted by molar-refractivity contribution is 7.83. The molecule has 4 heteroatoms. The lowest BCUT2D eigenvalue weighted by molar-refractivity contribution is 0.0833. The Balaban J connectivity index is 1.70. The molecular formula is C19H17NO2S. The summed E-state index contributed by atoms with van der Waals surface area (Å²) in [5, 5.41) is 0. The molecule has 23 heavy (non-hydrogen) atoms. The van der Waals surface area contributed by atoms with Crippen molar-refractivity contribution in [2.75, 3.05) is 0 Å². The zero-order chi connectivity index (χ0) is 15.9. The second kappa shape index (κ2) is 7.83. The monoisotopic (exact) mass is 323 g/mol. The zero-order valence-electron chi connectivity index (χ0n) is 12.5. The van der Waals surface area contributed by atoms with Crippen molar-refractivity contribution in [3.05, 3.63) is 90.5 Å². The minimum atomic E-state index is -1.44. The average molecular weight is 323 g/mol. The van der Waals surface area contributed by atoms with Crippen LogP contribution in [0.2, 0.25) is 0 Å². The van der Waals surface area contributed by atoms with Gasteiger partial charge >= 0.3 is 0 Å². The van der Waals surface area contributed by atoms with Crippen LogP contribution in [0, 0.1) is 0 Å². The predicted octanol–water partition coefficient (Wildman–Crippen LogP) is 4.10. The van der Waals surface area contributed by atoms with Gasteiger partial charge in [0.15, 0.2) is 0 Å². The van der Waals surface area contributed by atoms with E-state index in [1.165, 1.54) is 0 Å². The van der Waals surface area contributed by atoms with Gasteiger partial charge in [-0.1, -0.05) is 78.9 Å². The van der Waals surface area contributed by atoms with E-state index in [1.807, 2.05) is 84.9 Å². The van der Waals surface area contributed by atoms with E-state index in [0.717, 1.165) is 16.7 Å². The first-order chi connectivity index (χ1) is 11.3. The standard InChI is InChI=1S/C19H17NO2S/c21-23(20-22-15-16-9-3-1-4-10-16)19-14-8-7-13-18(19)17-11-5-2-6-12-17/h1-14,20H,15H2. The van der Waals surface area contributed by atoms with Crippen LogP contribution in [0.1, 0.15) is 5.56 Å². The van der Waals surface area contributed by atoms with Crippen molar-refractivity contribution in [2.24, 2.45) is 0 Å². The van der Waals surface area contributed by atoms with Crippen molar-refractivity contribution >= 4 is 11.0 Å². The first-order valence-electron chi connectivity index (χ1n) is 7.32. The minimum Gasteiger partial charge on any atom is -0.284 e. The van der Waals surface area contributed by atoms with Crippen LogP contribution >= 0.6 is 0 Å². The van der Waals surface area contributed by atoms with Crippen molar-refractivity contribution in [3.63, 3.8) is 0 Å². The summed E-state index contributed by atoms with van der Waals surface area (Å²) in [5.41, 5.74) is 2.98. The largest absolute Gasteiger partial charge is 0.284 e. The molecule has 3 aromatic rings. The molecule has 0 aromatic heterocycles. The highest BCUT2D eigenvalue weighted by Gasteiger charge is 2.10. The van der Waals surface area contributed by atoms with Gasteiger partial charge in [0, 0.05) is 0 Å². The number of nitrogens with one attached hydrogen (secondary N) is 1. The molecule has 0 saturated carbocycles. The average Bonchev–Trinajstić information content (AvgIpc) is 2.63. The third-order valence-electron chi connectivity index (χ3n) is 3.39. The molecule has 0 aliphatic rings. The van der Waals surface area contributed by atoms with Gasteiger partial charge in [0.25, 0.3) is 0 Å². The molecule has 1 unspecified atom stereocenters. The second-order valence-corrected chi connectivity index (χ2v) is 6.13. The molecule has 0 bridgehead atoms. The summed E-state index contributed by atoms with van der Waals surface area (Å²) in [4.78, 5) is 8.71. The number of hydrogen-bond donors (Lipinski definition) is 1. The fraction of sp³-hybridized carbons (Fsp3) is 0.0526. The van der Waals surface area contributed by atoms with Crippen LogP contribution < -0.4 is 4.89 Å². The van der Waals surface area contributed by atoms with Crippen LogP contribution in [-0.4, -0.2) is 4.21 Å². The van der Waals surface area contributed by atoms with Crippen molar-refractivity contribution in [2.45, 2.75) is 11.5 Å². The van der Waals surface area contributed by atoms with E-state index >= 15 is 0 Å². The van der Waals surface area contributed by atoms with Crippen LogP contribution in [0.25, 0.3) is 11.1 Å². The van der Waals surface area contributed by atoms with Gasteiger partial charge in [0.2, 0.25) is 0 Å². The highest BCUT2D eigenvalue weighted by atomic mass is 32.2. The second-order valence-electron chi connectivity index (χ2n) is 4.99. The Morgan fingerprint density at radius 1 is 0.783 bits per heavy atom. The Hall–Kier alpha value is -2.27. The third-order valence-corrected chi connectivity index (χ3v) is 4.41. The number of hydrogen-bond acceptors (Lipinski definition) is 2. The summed E-state index contributed by atoms with van der Waals surface area (Å²) >= 11 is 0. The Bertz CT molecular complexity index is 776. The molecule has 3 aromatic carbocycles. The van der Waals surface area contributed by atoms with Gasteiger partial charge in [-0.3, -0.25) is 4.84 Å². The maximum absolute atomic E-state index is 12.5.